The summed E-state index contributed by atoms with van der Waals surface area (Å²) < 4.78 is 18.8. The van der Waals surface area contributed by atoms with E-state index in [1.807, 2.05) is 42.9 Å². The summed E-state index contributed by atoms with van der Waals surface area (Å²) in [4.78, 5) is 24.7. The molecule has 0 saturated heterocycles. The lowest BCUT2D eigenvalue weighted by molar-refractivity contribution is -0.132. The molecule has 4 aromatic rings. The number of rotatable bonds is 4. The van der Waals surface area contributed by atoms with Crippen molar-refractivity contribution in [3.8, 4) is 22.5 Å². The molecule has 1 aliphatic heterocycles. The number of nitrogens with zero attached hydrogens (tertiary/aromatic N) is 6. The minimum Gasteiger partial charge on any atom is -0.335 e. The van der Waals surface area contributed by atoms with Gasteiger partial charge in [0.15, 0.2) is 0 Å². The van der Waals surface area contributed by atoms with Crippen LogP contribution in [0.5, 0.6) is 0 Å². The summed E-state index contributed by atoms with van der Waals surface area (Å²) in [5.74, 6) is 1.43. The van der Waals surface area contributed by atoms with Crippen LogP contribution in [0, 0.1) is 6.92 Å². The van der Waals surface area contributed by atoms with Crippen LogP contribution >= 0.6 is 0 Å². The van der Waals surface area contributed by atoms with Crippen LogP contribution < -0.4 is 0 Å². The molecule has 1 aromatic carbocycles. The maximum atomic E-state index is 14.6. The predicted octanol–water partition coefficient (Wildman–Crippen LogP) is 5.95. The number of hydrogen-bond donors (Lipinski definition) is 0. The zero-order valence-electron chi connectivity index (χ0n) is 22.7. The molecule has 1 aliphatic carbocycles. The average Bonchev–Trinajstić information content (AvgIpc) is 3.46. The van der Waals surface area contributed by atoms with Crippen molar-refractivity contribution in [1.82, 2.24) is 29.2 Å². The quantitative estimate of drug-likeness (QED) is 0.338. The van der Waals surface area contributed by atoms with Gasteiger partial charge in [-0.15, -0.1) is 0 Å². The van der Waals surface area contributed by atoms with Gasteiger partial charge in [-0.25, -0.2) is 9.37 Å². The number of amides is 1. The molecule has 8 heteroatoms. The minimum absolute atomic E-state index is 0.159. The number of alkyl halides is 1. The highest BCUT2D eigenvalue weighted by Gasteiger charge is 2.36. The zero-order chi connectivity index (χ0) is 26.6. The number of imidazole rings is 1. The van der Waals surface area contributed by atoms with Gasteiger partial charge in [0.2, 0.25) is 5.91 Å². The standard InChI is InChI=1S/C30H35FN6O/c1-5-27(38)36-13-14-37-26(18-36)28(33-29(37)20-9-11-30(3,31)12-10-20)22-8-6-7-21-15-25(32-16-23(21)22)24-17-35(4)34-19(24)2/h6-8,15-17,20H,5,9-14,18H2,1-4H3. The molecule has 7 nitrogen and oxygen atoms in total. The monoisotopic (exact) mass is 514 g/mol. The molecule has 0 spiro atoms. The van der Waals surface area contributed by atoms with E-state index < -0.39 is 5.67 Å². The Balaban J connectivity index is 1.46. The number of halogens is 1. The van der Waals surface area contributed by atoms with Crippen molar-refractivity contribution in [2.24, 2.45) is 7.05 Å². The van der Waals surface area contributed by atoms with Crippen LogP contribution in [0.4, 0.5) is 4.39 Å². The van der Waals surface area contributed by atoms with Crippen molar-refractivity contribution in [2.45, 2.75) is 77.6 Å². The third-order valence-electron chi connectivity index (χ3n) is 8.39. The second-order valence-electron chi connectivity index (χ2n) is 11.2. The van der Waals surface area contributed by atoms with Gasteiger partial charge in [0.05, 0.1) is 29.3 Å². The van der Waals surface area contributed by atoms with Crippen LogP contribution in [0.1, 0.15) is 69.1 Å². The van der Waals surface area contributed by atoms with E-state index in [4.69, 9.17) is 9.97 Å². The van der Waals surface area contributed by atoms with E-state index in [1.54, 1.807) is 6.92 Å². The summed E-state index contributed by atoms with van der Waals surface area (Å²) in [6, 6.07) is 8.39. The van der Waals surface area contributed by atoms with E-state index >= 15 is 0 Å². The van der Waals surface area contributed by atoms with Crippen molar-refractivity contribution in [3.05, 3.63) is 53.9 Å². The Morgan fingerprint density at radius 2 is 1.97 bits per heavy atom. The van der Waals surface area contributed by atoms with E-state index in [0.717, 1.165) is 69.9 Å². The van der Waals surface area contributed by atoms with Gasteiger partial charge < -0.3 is 9.47 Å². The lowest BCUT2D eigenvalue weighted by atomic mass is 9.80. The smallest absolute Gasteiger partial charge is 0.222 e. The molecule has 1 saturated carbocycles. The summed E-state index contributed by atoms with van der Waals surface area (Å²) in [5.41, 5.74) is 4.78. The van der Waals surface area contributed by atoms with Crippen molar-refractivity contribution < 1.29 is 9.18 Å². The normalized spacial score (nSPS) is 21.6. The lowest BCUT2D eigenvalue weighted by Gasteiger charge is -2.33. The Morgan fingerprint density at radius 3 is 2.68 bits per heavy atom. The highest BCUT2D eigenvalue weighted by atomic mass is 19.1. The molecular formula is C30H35FN6O. The Morgan fingerprint density at radius 1 is 1.18 bits per heavy atom. The van der Waals surface area contributed by atoms with E-state index in [-0.39, 0.29) is 11.8 Å². The largest absolute Gasteiger partial charge is 0.335 e. The number of aromatic nitrogens is 5. The second kappa shape index (κ2) is 9.33. The number of carbonyl (C=O) groups is 1. The van der Waals surface area contributed by atoms with Crippen LogP contribution in [0.15, 0.2) is 36.7 Å². The maximum absolute atomic E-state index is 14.6. The molecule has 0 bridgehead atoms. The molecular weight excluding hydrogens is 479 g/mol. The van der Waals surface area contributed by atoms with Gasteiger partial charge in [-0.05, 0) is 51.0 Å². The SMILES string of the molecule is CCC(=O)N1CCn2c(C3CCC(C)(F)CC3)nc(-c3cccc4cc(-c5cn(C)nc5C)ncc34)c2C1. The summed E-state index contributed by atoms with van der Waals surface area (Å²) in [6.07, 6.45) is 7.14. The fraction of sp³-hybridized carbons (Fsp3) is 0.467. The first-order valence-electron chi connectivity index (χ1n) is 13.7. The van der Waals surface area contributed by atoms with E-state index in [9.17, 15) is 9.18 Å². The molecule has 0 atom stereocenters. The van der Waals surface area contributed by atoms with Crippen LogP contribution in [0.2, 0.25) is 0 Å². The third kappa shape index (κ3) is 4.29. The topological polar surface area (TPSA) is 68.8 Å². The summed E-state index contributed by atoms with van der Waals surface area (Å²) in [6.45, 7) is 7.57. The van der Waals surface area contributed by atoms with Crippen molar-refractivity contribution in [2.75, 3.05) is 6.54 Å². The molecule has 0 N–H and O–H groups in total. The first kappa shape index (κ1) is 24.8. The molecule has 0 radical (unpaired) electrons. The first-order chi connectivity index (χ1) is 18.2. The van der Waals surface area contributed by atoms with E-state index in [2.05, 4.69) is 33.9 Å². The van der Waals surface area contributed by atoms with E-state index in [1.165, 1.54) is 0 Å². The molecule has 4 heterocycles. The summed E-state index contributed by atoms with van der Waals surface area (Å²) in [7, 11) is 1.92. The molecule has 3 aromatic heterocycles. The van der Waals surface area contributed by atoms with Gasteiger partial charge in [0.25, 0.3) is 0 Å². The van der Waals surface area contributed by atoms with Gasteiger partial charge in [0, 0.05) is 61.4 Å². The van der Waals surface area contributed by atoms with Gasteiger partial charge >= 0.3 is 0 Å². The number of benzene rings is 1. The summed E-state index contributed by atoms with van der Waals surface area (Å²) in [5, 5.41) is 6.59. The number of fused-ring (bicyclic) bond motifs is 2. The Hall–Kier alpha value is -3.55. The van der Waals surface area contributed by atoms with Gasteiger partial charge in [0.1, 0.15) is 11.5 Å². The lowest BCUT2D eigenvalue weighted by Crippen LogP contribution is -2.38. The predicted molar refractivity (Wildman–Crippen MR) is 146 cm³/mol. The minimum atomic E-state index is -1.09. The molecule has 1 fully saturated rings. The van der Waals surface area contributed by atoms with Crippen molar-refractivity contribution in [3.63, 3.8) is 0 Å². The number of pyridine rings is 1. The highest BCUT2D eigenvalue weighted by Crippen LogP contribution is 2.42. The number of aryl methyl sites for hydroxylation is 2. The third-order valence-corrected chi connectivity index (χ3v) is 8.39. The van der Waals surface area contributed by atoms with Crippen LogP contribution in [0.3, 0.4) is 0 Å². The van der Waals surface area contributed by atoms with Gasteiger partial charge in [-0.2, -0.15) is 5.10 Å². The van der Waals surface area contributed by atoms with Crippen LogP contribution in [-0.4, -0.2) is 47.3 Å². The number of carbonyl (C=O) groups excluding carboxylic acids is 1. The summed E-state index contributed by atoms with van der Waals surface area (Å²) >= 11 is 0. The molecule has 198 valence electrons. The van der Waals surface area contributed by atoms with Gasteiger partial charge in [-0.3, -0.25) is 14.5 Å². The second-order valence-corrected chi connectivity index (χ2v) is 11.2. The fourth-order valence-corrected chi connectivity index (χ4v) is 6.21. The van der Waals surface area contributed by atoms with Gasteiger partial charge in [-0.1, -0.05) is 25.1 Å². The van der Waals surface area contributed by atoms with Crippen LogP contribution in [0.25, 0.3) is 33.3 Å². The molecule has 1 amide bonds. The molecule has 2 aliphatic rings. The molecule has 0 unspecified atom stereocenters. The first-order valence-corrected chi connectivity index (χ1v) is 13.7. The maximum Gasteiger partial charge on any atom is 0.222 e. The zero-order valence-corrected chi connectivity index (χ0v) is 22.7. The fourth-order valence-electron chi connectivity index (χ4n) is 6.21. The Labute approximate surface area is 222 Å². The molecule has 6 rings (SSSR count). The van der Waals surface area contributed by atoms with Crippen molar-refractivity contribution in [1.29, 1.82) is 0 Å². The molecule has 38 heavy (non-hydrogen) atoms. The Kier molecular flexibility index (Phi) is 6.08. The average molecular weight is 515 g/mol. The van der Waals surface area contributed by atoms with Crippen LogP contribution in [-0.2, 0) is 24.9 Å². The number of hydrogen-bond acceptors (Lipinski definition) is 4. The highest BCUT2D eigenvalue weighted by molar-refractivity contribution is 5.97. The Bertz CT molecular complexity index is 1520. The van der Waals surface area contributed by atoms with Crippen molar-refractivity contribution >= 4 is 16.7 Å². The van der Waals surface area contributed by atoms with E-state index in [0.29, 0.717) is 32.4 Å².